The van der Waals surface area contributed by atoms with Crippen molar-refractivity contribution in [1.29, 1.82) is 0 Å². The van der Waals surface area contributed by atoms with Crippen LogP contribution in [0.1, 0.15) is 52.4 Å². The summed E-state index contributed by atoms with van der Waals surface area (Å²) in [6, 6.07) is 0. The van der Waals surface area contributed by atoms with E-state index in [9.17, 15) is 4.79 Å². The van der Waals surface area contributed by atoms with Crippen LogP contribution in [0, 0.1) is 0 Å². The highest BCUT2D eigenvalue weighted by Gasteiger charge is 2.01. The molecule has 0 aromatic carbocycles. The molecule has 0 amide bonds. The zero-order valence-corrected chi connectivity index (χ0v) is 9.49. The number of rotatable bonds is 8. The van der Waals surface area contributed by atoms with Crippen molar-refractivity contribution >= 4 is 18.0 Å². The molecule has 0 N–H and O–H groups in total. The van der Waals surface area contributed by atoms with Gasteiger partial charge in [-0.3, -0.25) is 4.79 Å². The van der Waals surface area contributed by atoms with Gasteiger partial charge in [0, 0.05) is 12.2 Å². The minimum Gasteiger partial charge on any atom is -0.391 e. The minimum absolute atomic E-state index is 0.0663. The highest BCUT2D eigenvalue weighted by Crippen LogP contribution is 2.08. The Bertz CT molecular complexity index is 126. The molecule has 0 atom stereocenters. The van der Waals surface area contributed by atoms with Crippen LogP contribution >= 0.6 is 12.0 Å². The molecule has 0 unspecified atom stereocenters. The molecule has 0 rings (SSSR count). The van der Waals surface area contributed by atoms with Crippen molar-refractivity contribution in [2.75, 3.05) is 5.75 Å². The van der Waals surface area contributed by atoms with E-state index in [0.29, 0.717) is 6.42 Å². The van der Waals surface area contributed by atoms with Crippen LogP contribution in [0.4, 0.5) is 0 Å². The number of carbonyl (C=O) groups is 1. The molecule has 0 aliphatic heterocycles. The predicted molar refractivity (Wildman–Crippen MR) is 57.6 cm³/mol. The summed E-state index contributed by atoms with van der Waals surface area (Å²) in [5, 5.41) is 0. The fourth-order valence-electron chi connectivity index (χ4n) is 1.04. The molecule has 0 saturated heterocycles. The number of hydrogen-bond donors (Lipinski definition) is 0. The van der Waals surface area contributed by atoms with E-state index in [1.165, 1.54) is 31.3 Å². The van der Waals surface area contributed by atoms with Crippen molar-refractivity contribution in [3.05, 3.63) is 0 Å². The second-order valence-corrected chi connectivity index (χ2v) is 4.01. The molecule has 2 nitrogen and oxygen atoms in total. The summed E-state index contributed by atoms with van der Waals surface area (Å²) in [4.78, 5) is 11.0. The molecule has 0 bridgehead atoms. The van der Waals surface area contributed by atoms with Gasteiger partial charge in [0.1, 0.15) is 0 Å². The van der Waals surface area contributed by atoms with Crippen molar-refractivity contribution < 1.29 is 8.98 Å². The number of hydrogen-bond acceptors (Lipinski definition) is 3. The molecule has 0 heterocycles. The Morgan fingerprint density at radius 3 is 2.46 bits per heavy atom. The zero-order valence-electron chi connectivity index (χ0n) is 8.67. The van der Waals surface area contributed by atoms with Gasteiger partial charge in [-0.1, -0.05) is 39.5 Å². The van der Waals surface area contributed by atoms with Crippen LogP contribution < -0.4 is 0 Å². The molecule has 0 fully saturated rings. The Balaban J connectivity index is 3.08. The first-order valence-electron chi connectivity index (χ1n) is 5.13. The summed E-state index contributed by atoms with van der Waals surface area (Å²) in [5.74, 6) is 0.769. The predicted octanol–water partition coefficient (Wildman–Crippen LogP) is 3.56. The fraction of sp³-hybridized carbons (Fsp3) is 0.900. The van der Waals surface area contributed by atoms with E-state index in [1.54, 1.807) is 0 Å². The maximum absolute atomic E-state index is 11.0. The van der Waals surface area contributed by atoms with Crippen LogP contribution in [0.2, 0.25) is 0 Å². The van der Waals surface area contributed by atoms with Gasteiger partial charge >= 0.3 is 5.97 Å². The Morgan fingerprint density at radius 1 is 1.15 bits per heavy atom. The first-order valence-corrected chi connectivity index (χ1v) is 6.04. The summed E-state index contributed by atoms with van der Waals surface area (Å²) in [7, 11) is 0. The van der Waals surface area contributed by atoms with Gasteiger partial charge < -0.3 is 4.18 Å². The maximum atomic E-state index is 11.0. The van der Waals surface area contributed by atoms with Gasteiger partial charge in [0.05, 0.1) is 12.0 Å². The van der Waals surface area contributed by atoms with Crippen molar-refractivity contribution in [3.63, 3.8) is 0 Å². The normalized spacial score (nSPS) is 10.0. The molecule has 0 aromatic rings. The first-order chi connectivity index (χ1) is 6.31. The maximum Gasteiger partial charge on any atom is 0.317 e. The summed E-state index contributed by atoms with van der Waals surface area (Å²) < 4.78 is 4.88. The Morgan fingerprint density at radius 2 is 1.85 bits per heavy atom. The molecule has 0 aromatic heterocycles. The quantitative estimate of drug-likeness (QED) is 0.446. The van der Waals surface area contributed by atoms with Crippen LogP contribution in [0.5, 0.6) is 0 Å². The standard InChI is InChI=1S/C10H20O2S/c1-3-5-6-7-8-9-10(11)12-13-4-2/h3-9H2,1-2H3. The van der Waals surface area contributed by atoms with Gasteiger partial charge in [0.15, 0.2) is 0 Å². The van der Waals surface area contributed by atoms with E-state index in [4.69, 9.17) is 4.18 Å². The molecule has 78 valence electrons. The minimum atomic E-state index is -0.0663. The van der Waals surface area contributed by atoms with E-state index in [-0.39, 0.29) is 5.97 Å². The van der Waals surface area contributed by atoms with Gasteiger partial charge in [-0.25, -0.2) is 0 Å². The smallest absolute Gasteiger partial charge is 0.317 e. The van der Waals surface area contributed by atoms with Crippen molar-refractivity contribution in [2.24, 2.45) is 0 Å². The Hall–Kier alpha value is -0.180. The van der Waals surface area contributed by atoms with E-state index in [2.05, 4.69) is 6.92 Å². The third-order valence-corrected chi connectivity index (χ3v) is 2.29. The lowest BCUT2D eigenvalue weighted by molar-refractivity contribution is -0.133. The van der Waals surface area contributed by atoms with Gasteiger partial charge in [-0.15, -0.1) is 0 Å². The molecule has 13 heavy (non-hydrogen) atoms. The average molecular weight is 204 g/mol. The highest BCUT2D eigenvalue weighted by atomic mass is 32.2. The monoisotopic (exact) mass is 204 g/mol. The van der Waals surface area contributed by atoms with E-state index in [0.717, 1.165) is 18.6 Å². The molecule has 0 aliphatic rings. The van der Waals surface area contributed by atoms with Gasteiger partial charge in [-0.05, 0) is 6.42 Å². The number of unbranched alkanes of at least 4 members (excludes halogenated alkanes) is 4. The molecule has 0 saturated carbocycles. The van der Waals surface area contributed by atoms with E-state index in [1.807, 2.05) is 6.92 Å². The highest BCUT2D eigenvalue weighted by molar-refractivity contribution is 7.95. The SMILES string of the molecule is CCCCCCCC(=O)OSCC. The Labute approximate surface area is 85.6 Å². The van der Waals surface area contributed by atoms with Crippen LogP contribution in [0.15, 0.2) is 0 Å². The number of carbonyl (C=O) groups excluding carboxylic acids is 1. The summed E-state index contributed by atoms with van der Waals surface area (Å²) in [5.41, 5.74) is 0. The van der Waals surface area contributed by atoms with Crippen LogP contribution in [0.3, 0.4) is 0 Å². The third-order valence-electron chi connectivity index (χ3n) is 1.75. The summed E-state index contributed by atoms with van der Waals surface area (Å²) >= 11 is 1.23. The first kappa shape index (κ1) is 12.8. The third kappa shape index (κ3) is 9.74. The van der Waals surface area contributed by atoms with Crippen LogP contribution in [0.25, 0.3) is 0 Å². The molecule has 0 spiro atoms. The van der Waals surface area contributed by atoms with E-state index < -0.39 is 0 Å². The average Bonchev–Trinajstić information content (AvgIpc) is 2.14. The topological polar surface area (TPSA) is 26.3 Å². The van der Waals surface area contributed by atoms with Gasteiger partial charge in [0.2, 0.25) is 0 Å². The van der Waals surface area contributed by atoms with E-state index >= 15 is 0 Å². The van der Waals surface area contributed by atoms with Gasteiger partial charge in [0.25, 0.3) is 0 Å². The molecular weight excluding hydrogens is 184 g/mol. The molecular formula is C10H20O2S. The summed E-state index contributed by atoms with van der Waals surface area (Å²) in [6.07, 6.45) is 6.47. The van der Waals surface area contributed by atoms with Gasteiger partial charge in [-0.2, -0.15) is 0 Å². The fourth-order valence-corrected chi connectivity index (χ4v) is 1.37. The second kappa shape index (κ2) is 9.90. The molecule has 0 radical (unpaired) electrons. The summed E-state index contributed by atoms with van der Waals surface area (Å²) in [6.45, 7) is 4.16. The Kier molecular flexibility index (Phi) is 9.77. The largest absolute Gasteiger partial charge is 0.391 e. The molecule has 3 heteroatoms. The lowest BCUT2D eigenvalue weighted by Crippen LogP contribution is -1.98. The van der Waals surface area contributed by atoms with Crippen molar-refractivity contribution in [1.82, 2.24) is 0 Å². The lowest BCUT2D eigenvalue weighted by atomic mass is 10.1. The second-order valence-electron chi connectivity index (χ2n) is 3.03. The molecule has 0 aliphatic carbocycles. The van der Waals surface area contributed by atoms with Crippen molar-refractivity contribution in [2.45, 2.75) is 52.4 Å². The lowest BCUT2D eigenvalue weighted by Gasteiger charge is -2.00. The zero-order chi connectivity index (χ0) is 9.94. The van der Waals surface area contributed by atoms with Crippen molar-refractivity contribution in [3.8, 4) is 0 Å². The van der Waals surface area contributed by atoms with Crippen LogP contribution in [-0.2, 0) is 8.98 Å². The van der Waals surface area contributed by atoms with Crippen LogP contribution in [-0.4, -0.2) is 11.7 Å².